The van der Waals surface area contributed by atoms with Crippen molar-refractivity contribution in [2.75, 3.05) is 7.05 Å². The molecule has 6 rings (SSSR count). The van der Waals surface area contributed by atoms with Crippen molar-refractivity contribution in [2.24, 2.45) is 7.05 Å². The standard InChI is InChI=1S/C25H29ClN6O/c1-13-27-12-21-23(30-32(3)24(21)28-13)20-11-19(20)18-7-4-14(8-22(18)26)25(33)31(2)17-9-15-5-6-16(10-17)29-15/h4,7-8,12,15-17,19-20,29H,5-6,9-11H2,1-3H3/t15-,16+,17?,19-,20+/m0/s1. The van der Waals surface area contributed by atoms with Gasteiger partial charge in [-0.3, -0.25) is 9.48 Å². The number of fused-ring (bicyclic) bond motifs is 3. The zero-order valence-corrected chi connectivity index (χ0v) is 20.0. The zero-order chi connectivity index (χ0) is 22.9. The van der Waals surface area contributed by atoms with Crippen LogP contribution in [0.25, 0.3) is 11.0 Å². The summed E-state index contributed by atoms with van der Waals surface area (Å²) in [6.45, 7) is 1.89. The molecule has 8 heteroatoms. The summed E-state index contributed by atoms with van der Waals surface area (Å²) < 4.78 is 1.83. The molecule has 5 atom stereocenters. The lowest BCUT2D eigenvalue weighted by Gasteiger charge is -2.35. The van der Waals surface area contributed by atoms with Gasteiger partial charge in [0.1, 0.15) is 5.82 Å². The molecule has 7 nitrogen and oxygen atoms in total. The van der Waals surface area contributed by atoms with Crippen LogP contribution < -0.4 is 5.32 Å². The van der Waals surface area contributed by atoms with Crippen LogP contribution in [0.1, 0.15) is 71.4 Å². The van der Waals surface area contributed by atoms with Gasteiger partial charge < -0.3 is 10.2 Å². The van der Waals surface area contributed by atoms with Gasteiger partial charge in [-0.15, -0.1) is 0 Å². The monoisotopic (exact) mass is 464 g/mol. The second-order valence-electron chi connectivity index (χ2n) is 10.0. The molecule has 0 spiro atoms. The first-order valence-corrected chi connectivity index (χ1v) is 12.3. The second-order valence-corrected chi connectivity index (χ2v) is 10.4. The summed E-state index contributed by atoms with van der Waals surface area (Å²) in [7, 11) is 3.86. The number of piperidine rings is 1. The van der Waals surface area contributed by atoms with E-state index < -0.39 is 0 Å². The molecule has 1 amide bonds. The lowest BCUT2D eigenvalue weighted by atomic mass is 9.97. The number of amides is 1. The van der Waals surface area contributed by atoms with Gasteiger partial charge in [0.25, 0.3) is 5.91 Å². The van der Waals surface area contributed by atoms with Gasteiger partial charge in [-0.2, -0.15) is 5.10 Å². The fourth-order valence-corrected chi connectivity index (χ4v) is 6.26. The minimum Gasteiger partial charge on any atom is -0.339 e. The molecule has 172 valence electrons. The van der Waals surface area contributed by atoms with E-state index in [-0.39, 0.29) is 5.91 Å². The first-order valence-electron chi connectivity index (χ1n) is 11.9. The van der Waals surface area contributed by atoms with Crippen molar-refractivity contribution in [3.63, 3.8) is 0 Å². The Morgan fingerprint density at radius 2 is 1.94 bits per heavy atom. The zero-order valence-electron chi connectivity index (χ0n) is 19.3. The maximum Gasteiger partial charge on any atom is 0.253 e. The predicted octanol–water partition coefficient (Wildman–Crippen LogP) is 3.95. The van der Waals surface area contributed by atoms with E-state index in [0.717, 1.165) is 47.4 Å². The highest BCUT2D eigenvalue weighted by atomic mass is 35.5. The Morgan fingerprint density at radius 3 is 2.67 bits per heavy atom. The van der Waals surface area contributed by atoms with Crippen molar-refractivity contribution in [3.05, 3.63) is 52.1 Å². The van der Waals surface area contributed by atoms with E-state index in [2.05, 4.69) is 15.3 Å². The van der Waals surface area contributed by atoms with Gasteiger partial charge in [0.05, 0.1) is 11.1 Å². The Labute approximate surface area is 198 Å². The summed E-state index contributed by atoms with van der Waals surface area (Å²) in [6.07, 6.45) is 7.39. The Morgan fingerprint density at radius 1 is 1.18 bits per heavy atom. The average molecular weight is 465 g/mol. The van der Waals surface area contributed by atoms with Crippen LogP contribution >= 0.6 is 11.6 Å². The molecule has 2 aliphatic heterocycles. The number of carbonyl (C=O) groups is 1. The summed E-state index contributed by atoms with van der Waals surface area (Å²) in [5, 5.41) is 10.1. The molecule has 1 aromatic carbocycles. The van der Waals surface area contributed by atoms with Crippen LogP contribution in [-0.4, -0.2) is 55.7 Å². The molecule has 1 saturated carbocycles. The molecule has 2 aromatic heterocycles. The van der Waals surface area contributed by atoms with E-state index in [4.69, 9.17) is 16.7 Å². The largest absolute Gasteiger partial charge is 0.339 e. The van der Waals surface area contributed by atoms with Gasteiger partial charge in [0.15, 0.2) is 5.65 Å². The number of hydrogen-bond acceptors (Lipinski definition) is 5. The first-order chi connectivity index (χ1) is 15.9. The van der Waals surface area contributed by atoms with Crippen LogP contribution in [0.4, 0.5) is 0 Å². The first kappa shape index (κ1) is 21.1. The third-order valence-corrected chi connectivity index (χ3v) is 8.16. The fourth-order valence-electron chi connectivity index (χ4n) is 5.94. The number of benzene rings is 1. The molecule has 2 bridgehead atoms. The van der Waals surface area contributed by atoms with Crippen LogP contribution in [0.3, 0.4) is 0 Å². The molecule has 0 radical (unpaired) electrons. The summed E-state index contributed by atoms with van der Waals surface area (Å²) in [6, 6.07) is 7.23. The molecule has 3 fully saturated rings. The lowest BCUT2D eigenvalue weighted by molar-refractivity contribution is 0.0681. The highest BCUT2D eigenvalue weighted by molar-refractivity contribution is 6.31. The normalized spacial score (nSPS) is 28.3. The van der Waals surface area contributed by atoms with Crippen molar-refractivity contribution in [1.29, 1.82) is 0 Å². The summed E-state index contributed by atoms with van der Waals surface area (Å²) >= 11 is 6.72. The highest BCUT2D eigenvalue weighted by Crippen LogP contribution is 2.56. The van der Waals surface area contributed by atoms with Gasteiger partial charge >= 0.3 is 0 Å². The SMILES string of the molecule is Cc1ncc2c([C@@H]3C[C@H]3c3ccc(C(=O)N(C)C4C[C@H]5CC[C@@H](C4)N5)cc3Cl)nn(C)c2n1. The molecule has 1 unspecified atom stereocenters. The van der Waals surface area contributed by atoms with Gasteiger partial charge in [-0.1, -0.05) is 17.7 Å². The number of nitrogens with one attached hydrogen (secondary N) is 1. The molecule has 4 heterocycles. The molecule has 3 aliphatic rings. The van der Waals surface area contributed by atoms with E-state index in [1.165, 1.54) is 12.8 Å². The van der Waals surface area contributed by atoms with Crippen LogP contribution in [0.2, 0.25) is 5.02 Å². The highest BCUT2D eigenvalue weighted by Gasteiger charge is 2.44. The molecule has 1 N–H and O–H groups in total. The summed E-state index contributed by atoms with van der Waals surface area (Å²) in [5.41, 5.74) is 3.66. The van der Waals surface area contributed by atoms with E-state index in [0.29, 0.717) is 40.5 Å². The maximum absolute atomic E-state index is 13.2. The summed E-state index contributed by atoms with van der Waals surface area (Å²) in [4.78, 5) is 24.0. The van der Waals surface area contributed by atoms with E-state index in [1.807, 2.05) is 55.0 Å². The van der Waals surface area contributed by atoms with Crippen molar-refractivity contribution in [2.45, 2.75) is 69.0 Å². The smallest absolute Gasteiger partial charge is 0.253 e. The van der Waals surface area contributed by atoms with E-state index in [9.17, 15) is 4.79 Å². The number of rotatable bonds is 4. The van der Waals surface area contributed by atoms with E-state index in [1.54, 1.807) is 0 Å². The number of aromatic nitrogens is 4. The maximum atomic E-state index is 13.2. The molecular weight excluding hydrogens is 436 g/mol. The average Bonchev–Trinajstić information content (AvgIpc) is 3.43. The molecular formula is C25H29ClN6O. The predicted molar refractivity (Wildman–Crippen MR) is 128 cm³/mol. The van der Waals surface area contributed by atoms with Crippen molar-refractivity contribution in [3.8, 4) is 0 Å². The molecule has 1 aliphatic carbocycles. The lowest BCUT2D eigenvalue weighted by Crippen LogP contribution is -2.48. The van der Waals surface area contributed by atoms with E-state index >= 15 is 0 Å². The van der Waals surface area contributed by atoms with Crippen LogP contribution in [0, 0.1) is 6.92 Å². The van der Waals surface area contributed by atoms with Crippen LogP contribution in [-0.2, 0) is 7.05 Å². The number of hydrogen-bond donors (Lipinski definition) is 1. The summed E-state index contributed by atoms with van der Waals surface area (Å²) in [5.74, 6) is 1.41. The molecule has 2 saturated heterocycles. The number of aryl methyl sites for hydroxylation is 2. The quantitative estimate of drug-likeness (QED) is 0.632. The van der Waals surface area contributed by atoms with Gasteiger partial charge in [0.2, 0.25) is 0 Å². The fraction of sp³-hybridized carbons (Fsp3) is 0.520. The second kappa shape index (κ2) is 7.77. The minimum absolute atomic E-state index is 0.0605. The number of nitrogens with zero attached hydrogens (tertiary/aromatic N) is 5. The Kier molecular flexibility index (Phi) is 4.96. The Balaban J connectivity index is 1.20. The third kappa shape index (κ3) is 3.62. The van der Waals surface area contributed by atoms with Crippen molar-refractivity contribution >= 4 is 28.5 Å². The number of carbonyl (C=O) groups excluding carboxylic acids is 1. The van der Waals surface area contributed by atoms with Crippen LogP contribution in [0.5, 0.6) is 0 Å². The van der Waals surface area contributed by atoms with Crippen molar-refractivity contribution in [1.82, 2.24) is 30.0 Å². The third-order valence-electron chi connectivity index (χ3n) is 7.83. The topological polar surface area (TPSA) is 75.9 Å². The Bertz CT molecular complexity index is 1240. The van der Waals surface area contributed by atoms with Gasteiger partial charge in [-0.05, 0) is 62.6 Å². The minimum atomic E-state index is 0.0605. The van der Waals surface area contributed by atoms with Gasteiger partial charge in [-0.25, -0.2) is 9.97 Å². The van der Waals surface area contributed by atoms with Crippen molar-refractivity contribution < 1.29 is 4.79 Å². The van der Waals surface area contributed by atoms with Crippen LogP contribution in [0.15, 0.2) is 24.4 Å². The Hall–Kier alpha value is -2.51. The van der Waals surface area contributed by atoms with Gasteiger partial charge in [0, 0.05) is 54.9 Å². The molecule has 3 aromatic rings. The number of halogens is 1. The molecule has 33 heavy (non-hydrogen) atoms.